The second-order valence-electron chi connectivity index (χ2n) is 2.75. The average molecular weight is 145 g/mol. The molecule has 1 amide bonds. The van der Waals surface area contributed by atoms with Crippen molar-refractivity contribution in [1.29, 1.82) is 0 Å². The lowest BCUT2D eigenvalue weighted by Gasteiger charge is -2.21. The minimum Gasteiger partial charge on any atom is -0.388 e. The van der Waals surface area contributed by atoms with Gasteiger partial charge in [0.2, 0.25) is 6.41 Å². The van der Waals surface area contributed by atoms with Crippen LogP contribution in [0, 0.1) is 0 Å². The molecule has 0 spiro atoms. The van der Waals surface area contributed by atoms with Gasteiger partial charge >= 0.3 is 0 Å². The smallest absolute Gasteiger partial charge is 0.207 e. The molecule has 0 aliphatic rings. The highest BCUT2D eigenvalue weighted by Gasteiger charge is 2.17. The molecular weight excluding hydrogens is 130 g/mol. The quantitative estimate of drug-likeness (QED) is 0.546. The third-order valence-corrected chi connectivity index (χ3v) is 1.35. The first kappa shape index (κ1) is 9.43. The van der Waals surface area contributed by atoms with E-state index in [1.165, 1.54) is 0 Å². The van der Waals surface area contributed by atoms with Crippen LogP contribution in [0.25, 0.3) is 0 Å². The van der Waals surface area contributed by atoms with E-state index in [-0.39, 0.29) is 0 Å². The maximum Gasteiger partial charge on any atom is 0.207 e. The van der Waals surface area contributed by atoms with Gasteiger partial charge in [0.05, 0.1) is 5.60 Å². The highest BCUT2D eigenvalue weighted by molar-refractivity contribution is 5.46. The van der Waals surface area contributed by atoms with E-state index in [9.17, 15) is 9.90 Å². The van der Waals surface area contributed by atoms with Gasteiger partial charge in [0.15, 0.2) is 0 Å². The van der Waals surface area contributed by atoms with E-state index >= 15 is 0 Å². The largest absolute Gasteiger partial charge is 0.388 e. The van der Waals surface area contributed by atoms with Crippen LogP contribution in [0.2, 0.25) is 0 Å². The van der Waals surface area contributed by atoms with E-state index in [4.69, 9.17) is 0 Å². The molecule has 1 atom stereocenters. The van der Waals surface area contributed by atoms with Gasteiger partial charge in [0.25, 0.3) is 0 Å². The van der Waals surface area contributed by atoms with E-state index in [1.54, 1.807) is 6.92 Å². The fourth-order valence-corrected chi connectivity index (χ4v) is 0.889. The third kappa shape index (κ3) is 4.32. The summed E-state index contributed by atoms with van der Waals surface area (Å²) in [5.74, 6) is 0. The molecule has 0 aromatic carbocycles. The van der Waals surface area contributed by atoms with Crippen molar-refractivity contribution in [3.05, 3.63) is 0 Å². The molecule has 0 bridgehead atoms. The summed E-state index contributed by atoms with van der Waals surface area (Å²) in [4.78, 5) is 9.83. The molecule has 2 N–H and O–H groups in total. The Hall–Kier alpha value is -0.570. The minimum absolute atomic E-state index is 0.338. The molecule has 0 fully saturated rings. The van der Waals surface area contributed by atoms with Crippen molar-refractivity contribution in [3.63, 3.8) is 0 Å². The zero-order valence-corrected chi connectivity index (χ0v) is 6.55. The number of rotatable bonds is 5. The molecule has 3 nitrogen and oxygen atoms in total. The van der Waals surface area contributed by atoms with Gasteiger partial charge < -0.3 is 10.4 Å². The Kier molecular flexibility index (Phi) is 4.03. The summed E-state index contributed by atoms with van der Waals surface area (Å²) in [6.07, 6.45) is 2.24. The van der Waals surface area contributed by atoms with Gasteiger partial charge in [-0.2, -0.15) is 0 Å². The molecule has 0 saturated carbocycles. The Bertz CT molecular complexity index is 102. The van der Waals surface area contributed by atoms with E-state index in [0.29, 0.717) is 19.4 Å². The van der Waals surface area contributed by atoms with E-state index in [2.05, 4.69) is 5.32 Å². The van der Waals surface area contributed by atoms with Crippen LogP contribution in [0.1, 0.15) is 26.7 Å². The topological polar surface area (TPSA) is 49.3 Å². The van der Waals surface area contributed by atoms with Crippen LogP contribution in [-0.2, 0) is 4.79 Å². The summed E-state index contributed by atoms with van der Waals surface area (Å²) in [7, 11) is 0. The van der Waals surface area contributed by atoms with Crippen molar-refractivity contribution >= 4 is 6.41 Å². The molecular formula is C7H15NO2. The molecule has 0 aliphatic heterocycles. The maximum absolute atomic E-state index is 9.83. The van der Waals surface area contributed by atoms with Gasteiger partial charge in [0, 0.05) is 6.54 Å². The number of aliphatic hydroxyl groups is 1. The first-order valence-corrected chi connectivity index (χ1v) is 3.52. The Morgan fingerprint density at radius 3 is 2.70 bits per heavy atom. The third-order valence-electron chi connectivity index (χ3n) is 1.35. The summed E-state index contributed by atoms with van der Waals surface area (Å²) in [6, 6.07) is 0. The van der Waals surface area contributed by atoms with Crippen molar-refractivity contribution < 1.29 is 9.90 Å². The van der Waals surface area contributed by atoms with Gasteiger partial charge in [-0.1, -0.05) is 13.3 Å². The molecule has 0 aromatic heterocycles. The van der Waals surface area contributed by atoms with Gasteiger partial charge in [-0.15, -0.1) is 0 Å². The zero-order chi connectivity index (χ0) is 8.04. The summed E-state index contributed by atoms with van der Waals surface area (Å²) in [5.41, 5.74) is -0.740. The second kappa shape index (κ2) is 4.28. The van der Waals surface area contributed by atoms with Gasteiger partial charge in [-0.05, 0) is 13.3 Å². The molecule has 60 valence electrons. The van der Waals surface area contributed by atoms with Crippen molar-refractivity contribution in [3.8, 4) is 0 Å². The molecule has 0 heterocycles. The monoisotopic (exact) mass is 145 g/mol. The molecule has 3 heteroatoms. The van der Waals surface area contributed by atoms with E-state index in [0.717, 1.165) is 6.42 Å². The predicted molar refractivity (Wildman–Crippen MR) is 39.6 cm³/mol. The number of carbonyl (C=O) groups is 1. The first-order chi connectivity index (χ1) is 4.62. The second-order valence-corrected chi connectivity index (χ2v) is 2.75. The number of amides is 1. The van der Waals surface area contributed by atoms with Gasteiger partial charge in [-0.3, -0.25) is 4.79 Å². The average Bonchev–Trinajstić information content (AvgIpc) is 1.84. The Balaban J connectivity index is 3.51. The summed E-state index contributed by atoms with van der Waals surface area (Å²) >= 11 is 0. The normalized spacial score (nSPS) is 15.9. The van der Waals surface area contributed by atoms with Gasteiger partial charge in [-0.25, -0.2) is 0 Å². The van der Waals surface area contributed by atoms with Crippen LogP contribution in [0.3, 0.4) is 0 Å². The first-order valence-electron chi connectivity index (χ1n) is 3.52. The minimum atomic E-state index is -0.740. The fraction of sp³-hybridized carbons (Fsp3) is 0.857. The fourth-order valence-electron chi connectivity index (χ4n) is 0.889. The summed E-state index contributed by atoms with van der Waals surface area (Å²) < 4.78 is 0. The van der Waals surface area contributed by atoms with Crippen LogP contribution < -0.4 is 5.32 Å². The van der Waals surface area contributed by atoms with Gasteiger partial charge in [0.1, 0.15) is 0 Å². The highest BCUT2D eigenvalue weighted by Crippen LogP contribution is 2.09. The van der Waals surface area contributed by atoms with Crippen LogP contribution >= 0.6 is 0 Å². The SMILES string of the molecule is CCCC(C)(O)CNC=O. The molecule has 0 rings (SSSR count). The number of carbonyl (C=O) groups excluding carboxylic acids is 1. The molecule has 0 radical (unpaired) electrons. The highest BCUT2D eigenvalue weighted by atomic mass is 16.3. The lowest BCUT2D eigenvalue weighted by molar-refractivity contribution is -0.110. The van der Waals surface area contributed by atoms with Crippen molar-refractivity contribution in [2.75, 3.05) is 6.54 Å². The predicted octanol–water partition coefficient (Wildman–Crippen LogP) is 0.283. The van der Waals surface area contributed by atoms with Crippen molar-refractivity contribution in [2.24, 2.45) is 0 Å². The van der Waals surface area contributed by atoms with Crippen molar-refractivity contribution in [2.45, 2.75) is 32.3 Å². The lowest BCUT2D eigenvalue weighted by Crippen LogP contribution is -2.36. The maximum atomic E-state index is 9.83. The van der Waals surface area contributed by atoms with Crippen LogP contribution in [0.4, 0.5) is 0 Å². The van der Waals surface area contributed by atoms with Crippen LogP contribution in [-0.4, -0.2) is 23.7 Å². The van der Waals surface area contributed by atoms with Crippen LogP contribution in [0.5, 0.6) is 0 Å². The zero-order valence-electron chi connectivity index (χ0n) is 6.55. The molecule has 0 aromatic rings. The molecule has 0 saturated heterocycles. The van der Waals surface area contributed by atoms with Crippen molar-refractivity contribution in [1.82, 2.24) is 5.32 Å². The number of hydrogen-bond acceptors (Lipinski definition) is 2. The Labute approximate surface area is 61.4 Å². The number of nitrogens with one attached hydrogen (secondary N) is 1. The van der Waals surface area contributed by atoms with Crippen LogP contribution in [0.15, 0.2) is 0 Å². The Morgan fingerprint density at radius 2 is 2.30 bits per heavy atom. The molecule has 0 aliphatic carbocycles. The summed E-state index contributed by atoms with van der Waals surface area (Å²) in [5, 5.41) is 11.9. The summed E-state index contributed by atoms with van der Waals surface area (Å²) in [6.45, 7) is 4.05. The Morgan fingerprint density at radius 1 is 1.70 bits per heavy atom. The molecule has 10 heavy (non-hydrogen) atoms. The number of hydrogen-bond donors (Lipinski definition) is 2. The van der Waals surface area contributed by atoms with E-state index in [1.807, 2.05) is 6.92 Å². The standard InChI is InChI=1S/C7H15NO2/c1-3-4-7(2,10)5-8-6-9/h6,10H,3-5H2,1-2H3,(H,8,9). The molecule has 1 unspecified atom stereocenters. The van der Waals surface area contributed by atoms with E-state index < -0.39 is 5.60 Å². The lowest BCUT2D eigenvalue weighted by atomic mass is 10.0.